The van der Waals surface area contributed by atoms with Crippen molar-refractivity contribution in [3.8, 4) is 0 Å². The second kappa shape index (κ2) is 6.87. The van der Waals surface area contributed by atoms with Crippen LogP contribution in [0.2, 0.25) is 0 Å². The highest BCUT2D eigenvalue weighted by atomic mass is 32.1. The van der Waals surface area contributed by atoms with Crippen LogP contribution in [0.3, 0.4) is 0 Å². The minimum absolute atomic E-state index is 0.0978. The Morgan fingerprint density at radius 1 is 1.24 bits per heavy atom. The molecule has 0 saturated carbocycles. The molecule has 4 heteroatoms. The third-order valence-electron chi connectivity index (χ3n) is 3.82. The number of thiophene rings is 1. The predicted octanol–water partition coefficient (Wildman–Crippen LogP) is 3.98. The first-order chi connectivity index (χ1) is 9.97. The zero-order valence-corrected chi connectivity index (χ0v) is 13.5. The smallest absolute Gasteiger partial charge is 0.305 e. The molecule has 0 aliphatic heterocycles. The Bertz CT molecular complexity index is 620. The quantitative estimate of drug-likeness (QED) is 0.848. The van der Waals surface area contributed by atoms with Crippen LogP contribution >= 0.6 is 11.3 Å². The average Bonchev–Trinajstić information content (AvgIpc) is 2.93. The average molecular weight is 303 g/mol. The maximum Gasteiger partial charge on any atom is 0.305 e. The van der Waals surface area contributed by atoms with Gasteiger partial charge in [0.25, 0.3) is 0 Å². The molecule has 0 amide bonds. The molecule has 1 heterocycles. The van der Waals surface area contributed by atoms with Crippen LogP contribution in [-0.4, -0.2) is 11.1 Å². The Labute approximate surface area is 129 Å². The van der Waals surface area contributed by atoms with Gasteiger partial charge in [0.1, 0.15) is 0 Å². The van der Waals surface area contributed by atoms with Gasteiger partial charge in [-0.1, -0.05) is 12.1 Å². The van der Waals surface area contributed by atoms with Crippen molar-refractivity contribution in [2.24, 2.45) is 0 Å². The zero-order chi connectivity index (χ0) is 15.4. The summed E-state index contributed by atoms with van der Waals surface area (Å²) in [6.07, 6.45) is 0.0978. The van der Waals surface area contributed by atoms with Gasteiger partial charge in [-0.05, 0) is 65.4 Å². The number of nitrogens with one attached hydrogen (secondary N) is 1. The largest absolute Gasteiger partial charge is 0.481 e. The van der Waals surface area contributed by atoms with Gasteiger partial charge >= 0.3 is 5.97 Å². The Morgan fingerprint density at radius 3 is 2.57 bits per heavy atom. The number of aliphatic carboxylic acids is 1. The Morgan fingerprint density at radius 2 is 1.95 bits per heavy atom. The number of carboxylic acid groups (broad SMARTS) is 1. The number of hydrogen-bond donors (Lipinski definition) is 2. The summed E-state index contributed by atoms with van der Waals surface area (Å²) in [7, 11) is 0. The van der Waals surface area contributed by atoms with Crippen LogP contribution in [0.1, 0.15) is 40.3 Å². The number of benzene rings is 1. The fraction of sp³-hybridized carbons (Fsp3) is 0.353. The van der Waals surface area contributed by atoms with E-state index < -0.39 is 5.97 Å². The lowest BCUT2D eigenvalue weighted by atomic mass is 10.00. The molecule has 0 aliphatic carbocycles. The van der Waals surface area contributed by atoms with E-state index in [1.165, 1.54) is 22.3 Å². The predicted molar refractivity (Wildman–Crippen MR) is 86.8 cm³/mol. The number of rotatable bonds is 6. The van der Waals surface area contributed by atoms with Crippen molar-refractivity contribution < 1.29 is 9.90 Å². The number of carboxylic acids is 1. The van der Waals surface area contributed by atoms with E-state index in [-0.39, 0.29) is 12.5 Å². The first kappa shape index (κ1) is 15.7. The van der Waals surface area contributed by atoms with Crippen molar-refractivity contribution in [1.82, 2.24) is 5.32 Å². The molecule has 0 bridgehead atoms. The molecule has 2 aromatic rings. The Kier molecular flexibility index (Phi) is 5.15. The minimum Gasteiger partial charge on any atom is -0.481 e. The molecule has 1 unspecified atom stereocenters. The fourth-order valence-electron chi connectivity index (χ4n) is 2.40. The monoisotopic (exact) mass is 303 g/mol. The molecule has 0 radical (unpaired) electrons. The molecule has 3 nitrogen and oxygen atoms in total. The van der Waals surface area contributed by atoms with Crippen LogP contribution in [0, 0.1) is 20.8 Å². The Balaban J connectivity index is 2.12. The number of hydrogen-bond acceptors (Lipinski definition) is 3. The standard InChI is InChI=1S/C17H21NO2S/c1-11-6-13(3)15(7-12(11)2)9-18-16(8-17(19)20)14-4-5-21-10-14/h4-7,10,16,18H,8-9H2,1-3H3,(H,19,20). The van der Waals surface area contributed by atoms with Gasteiger partial charge < -0.3 is 10.4 Å². The summed E-state index contributed by atoms with van der Waals surface area (Å²) >= 11 is 1.59. The molecule has 112 valence electrons. The molecule has 1 aromatic heterocycles. The maximum atomic E-state index is 11.0. The van der Waals surface area contributed by atoms with Gasteiger partial charge in [-0.3, -0.25) is 4.79 Å². The van der Waals surface area contributed by atoms with E-state index in [2.05, 4.69) is 38.2 Å². The van der Waals surface area contributed by atoms with Gasteiger partial charge in [0, 0.05) is 12.6 Å². The van der Waals surface area contributed by atoms with Gasteiger partial charge in [-0.15, -0.1) is 0 Å². The first-order valence-corrected chi connectivity index (χ1v) is 7.95. The van der Waals surface area contributed by atoms with Gasteiger partial charge in [-0.25, -0.2) is 0 Å². The zero-order valence-electron chi connectivity index (χ0n) is 12.6. The lowest BCUT2D eigenvalue weighted by Crippen LogP contribution is -2.23. The number of carbonyl (C=O) groups is 1. The lowest BCUT2D eigenvalue weighted by Gasteiger charge is -2.18. The van der Waals surface area contributed by atoms with Crippen LogP contribution in [-0.2, 0) is 11.3 Å². The van der Waals surface area contributed by atoms with Crippen LogP contribution in [0.15, 0.2) is 29.0 Å². The van der Waals surface area contributed by atoms with E-state index >= 15 is 0 Å². The summed E-state index contributed by atoms with van der Waals surface area (Å²) < 4.78 is 0. The minimum atomic E-state index is -0.782. The lowest BCUT2D eigenvalue weighted by molar-refractivity contribution is -0.137. The molecule has 0 spiro atoms. The molecule has 2 N–H and O–H groups in total. The van der Waals surface area contributed by atoms with Gasteiger partial charge in [0.2, 0.25) is 0 Å². The van der Waals surface area contributed by atoms with Crippen molar-refractivity contribution in [3.05, 3.63) is 56.8 Å². The van der Waals surface area contributed by atoms with E-state index in [0.29, 0.717) is 6.54 Å². The van der Waals surface area contributed by atoms with Crippen molar-refractivity contribution in [3.63, 3.8) is 0 Å². The van der Waals surface area contributed by atoms with E-state index in [0.717, 1.165) is 5.56 Å². The van der Waals surface area contributed by atoms with Crippen LogP contribution in [0.5, 0.6) is 0 Å². The highest BCUT2D eigenvalue weighted by Crippen LogP contribution is 2.21. The van der Waals surface area contributed by atoms with Gasteiger partial charge in [0.05, 0.1) is 6.42 Å². The summed E-state index contributed by atoms with van der Waals surface area (Å²) in [5, 5.41) is 16.4. The van der Waals surface area contributed by atoms with Crippen LogP contribution < -0.4 is 5.32 Å². The molecule has 2 rings (SSSR count). The fourth-order valence-corrected chi connectivity index (χ4v) is 3.11. The highest BCUT2D eigenvalue weighted by Gasteiger charge is 2.16. The van der Waals surface area contributed by atoms with E-state index in [1.807, 2.05) is 16.8 Å². The van der Waals surface area contributed by atoms with E-state index in [1.54, 1.807) is 11.3 Å². The van der Waals surface area contributed by atoms with Crippen molar-refractivity contribution >= 4 is 17.3 Å². The summed E-state index contributed by atoms with van der Waals surface area (Å²) in [5.74, 6) is -0.782. The Hall–Kier alpha value is -1.65. The second-order valence-corrected chi connectivity index (χ2v) is 6.23. The third-order valence-corrected chi connectivity index (χ3v) is 4.52. The molecule has 21 heavy (non-hydrogen) atoms. The molecule has 1 atom stereocenters. The molecule has 0 fully saturated rings. The molecule has 0 saturated heterocycles. The van der Waals surface area contributed by atoms with Crippen molar-refractivity contribution in [2.75, 3.05) is 0 Å². The van der Waals surface area contributed by atoms with Gasteiger partial charge in [-0.2, -0.15) is 11.3 Å². The van der Waals surface area contributed by atoms with Crippen LogP contribution in [0.25, 0.3) is 0 Å². The summed E-state index contributed by atoms with van der Waals surface area (Å²) in [6.45, 7) is 6.99. The summed E-state index contributed by atoms with van der Waals surface area (Å²) in [6, 6.07) is 6.21. The third kappa shape index (κ3) is 4.16. The highest BCUT2D eigenvalue weighted by molar-refractivity contribution is 7.07. The SMILES string of the molecule is Cc1cc(C)c(CNC(CC(=O)O)c2ccsc2)cc1C. The van der Waals surface area contributed by atoms with Crippen molar-refractivity contribution in [1.29, 1.82) is 0 Å². The summed E-state index contributed by atoms with van der Waals surface area (Å²) in [4.78, 5) is 11.0. The van der Waals surface area contributed by atoms with Crippen molar-refractivity contribution in [2.45, 2.75) is 39.8 Å². The maximum absolute atomic E-state index is 11.0. The molecular weight excluding hydrogens is 282 g/mol. The van der Waals surface area contributed by atoms with E-state index in [9.17, 15) is 4.79 Å². The summed E-state index contributed by atoms with van der Waals surface area (Å²) in [5.41, 5.74) is 6.07. The topological polar surface area (TPSA) is 49.3 Å². The molecular formula is C17H21NO2S. The molecule has 1 aromatic carbocycles. The second-order valence-electron chi connectivity index (χ2n) is 5.45. The number of aryl methyl sites for hydroxylation is 3. The van der Waals surface area contributed by atoms with Crippen LogP contribution in [0.4, 0.5) is 0 Å². The molecule has 0 aliphatic rings. The van der Waals surface area contributed by atoms with E-state index in [4.69, 9.17) is 5.11 Å². The first-order valence-electron chi connectivity index (χ1n) is 7.01. The normalized spacial score (nSPS) is 12.3. The van der Waals surface area contributed by atoms with Gasteiger partial charge in [0.15, 0.2) is 0 Å².